The van der Waals surface area contributed by atoms with Crippen molar-refractivity contribution in [1.82, 2.24) is 15.5 Å². The molecule has 6 amide bonds. The predicted molar refractivity (Wildman–Crippen MR) is 138 cm³/mol. The first-order chi connectivity index (χ1) is 18.0. The van der Waals surface area contributed by atoms with Gasteiger partial charge in [-0.05, 0) is 43.4 Å². The number of rotatable bonds is 14. The van der Waals surface area contributed by atoms with Gasteiger partial charge in [-0.15, -0.1) is 0 Å². The number of hydrogen-bond acceptors (Lipinski definition) is 7. The van der Waals surface area contributed by atoms with Crippen LogP contribution in [0.5, 0.6) is 0 Å². The summed E-state index contributed by atoms with van der Waals surface area (Å²) in [6, 6.07) is 4.88. The Balaban J connectivity index is 1.75. The molecular formula is C26H35N5O7. The number of imide groups is 1. The van der Waals surface area contributed by atoms with Crippen molar-refractivity contribution in [2.45, 2.75) is 65.1 Å². The van der Waals surface area contributed by atoms with E-state index >= 15 is 0 Å². The number of nitrogens with zero attached hydrogens (tertiary/aromatic N) is 1. The average molecular weight is 530 g/mol. The average Bonchev–Trinajstić information content (AvgIpc) is 3.18. The predicted octanol–water partition coefficient (Wildman–Crippen LogP) is 1.35. The van der Waals surface area contributed by atoms with E-state index < -0.39 is 30.0 Å². The van der Waals surface area contributed by atoms with Gasteiger partial charge in [0.25, 0.3) is 11.8 Å². The molecule has 0 radical (unpaired) electrons. The molecular weight excluding hydrogens is 494 g/mol. The van der Waals surface area contributed by atoms with Crippen LogP contribution in [0.4, 0.5) is 10.5 Å². The minimum Gasteiger partial charge on any atom is -0.445 e. The number of unbranched alkanes of at least 4 members (excludes halogenated alkanes) is 2. The lowest BCUT2D eigenvalue weighted by Crippen LogP contribution is -2.53. The van der Waals surface area contributed by atoms with E-state index in [1.807, 2.05) is 0 Å². The van der Waals surface area contributed by atoms with E-state index in [0.29, 0.717) is 37.1 Å². The van der Waals surface area contributed by atoms with Gasteiger partial charge in [0.15, 0.2) is 0 Å². The third kappa shape index (κ3) is 9.68. The van der Waals surface area contributed by atoms with Gasteiger partial charge in [0, 0.05) is 30.8 Å². The molecule has 1 aliphatic rings. The van der Waals surface area contributed by atoms with Gasteiger partial charge in [-0.2, -0.15) is 0 Å². The first kappa shape index (κ1) is 30.0. The van der Waals surface area contributed by atoms with E-state index in [4.69, 9.17) is 10.5 Å². The molecule has 2 unspecified atom stereocenters. The number of primary amides is 1. The summed E-state index contributed by atoms with van der Waals surface area (Å²) in [6.07, 6.45) is 3.53. The number of carbonyl (C=O) groups excluding carboxylic acids is 6. The van der Waals surface area contributed by atoms with E-state index in [-0.39, 0.29) is 36.7 Å². The first-order valence-corrected chi connectivity index (χ1v) is 12.4. The number of amides is 6. The minimum absolute atomic E-state index is 0.0106. The van der Waals surface area contributed by atoms with Crippen LogP contribution in [0.15, 0.2) is 36.4 Å². The van der Waals surface area contributed by atoms with Crippen LogP contribution >= 0.6 is 0 Å². The molecule has 0 saturated carbocycles. The van der Waals surface area contributed by atoms with E-state index in [1.165, 1.54) is 19.1 Å². The summed E-state index contributed by atoms with van der Waals surface area (Å²) in [5.74, 6) is -2.10. The van der Waals surface area contributed by atoms with E-state index in [9.17, 15) is 28.8 Å². The summed E-state index contributed by atoms with van der Waals surface area (Å²) in [5, 5.41) is 8.05. The monoisotopic (exact) mass is 529 g/mol. The van der Waals surface area contributed by atoms with Crippen molar-refractivity contribution in [3.63, 3.8) is 0 Å². The minimum atomic E-state index is -0.883. The summed E-state index contributed by atoms with van der Waals surface area (Å²) in [6.45, 7) is 5.43. The molecule has 0 spiro atoms. The van der Waals surface area contributed by atoms with Crippen molar-refractivity contribution in [2.24, 2.45) is 11.7 Å². The highest BCUT2D eigenvalue weighted by Crippen LogP contribution is 2.12. The highest BCUT2D eigenvalue weighted by Gasteiger charge is 2.27. The Hall–Kier alpha value is -4.22. The first-order valence-electron chi connectivity index (χ1n) is 12.4. The van der Waals surface area contributed by atoms with Gasteiger partial charge in [0.05, 0.1) is 0 Å². The van der Waals surface area contributed by atoms with Crippen LogP contribution in [0.2, 0.25) is 0 Å². The van der Waals surface area contributed by atoms with Gasteiger partial charge in [0.1, 0.15) is 18.7 Å². The Morgan fingerprint density at radius 2 is 1.53 bits per heavy atom. The Morgan fingerprint density at radius 3 is 2.11 bits per heavy atom. The SMILES string of the molecule is CC(NC(=O)C(NC(=O)CCCCCN1C(=O)C=CC1=O)C(C)C)C(=O)Nc1ccc(COC(N)=O)cc1. The number of nitrogens with two attached hydrogens (primary N) is 1. The van der Waals surface area contributed by atoms with Crippen molar-refractivity contribution in [1.29, 1.82) is 0 Å². The zero-order valence-electron chi connectivity index (χ0n) is 21.8. The molecule has 12 nitrogen and oxygen atoms in total. The molecule has 0 saturated heterocycles. The number of anilines is 1. The lowest BCUT2D eigenvalue weighted by molar-refractivity contribution is -0.137. The largest absolute Gasteiger partial charge is 0.445 e. The molecule has 5 N–H and O–H groups in total. The summed E-state index contributed by atoms with van der Waals surface area (Å²) < 4.78 is 4.71. The molecule has 1 aromatic carbocycles. The molecule has 12 heteroatoms. The quantitative estimate of drug-likeness (QED) is 0.208. The van der Waals surface area contributed by atoms with Gasteiger partial charge in [-0.25, -0.2) is 4.79 Å². The standard InChI is InChI=1S/C26H35N5O7/c1-16(2)23(30-20(32)7-5-4-6-14-31-21(33)12-13-22(31)34)25(36)28-17(3)24(35)29-19-10-8-18(9-11-19)15-38-26(27)37/h8-13,16-17,23H,4-7,14-15H2,1-3H3,(H2,27,37)(H,28,36)(H,29,35)(H,30,32). The van der Waals surface area contributed by atoms with Gasteiger partial charge < -0.3 is 26.4 Å². The second-order valence-corrected chi connectivity index (χ2v) is 9.29. The molecule has 1 aliphatic heterocycles. The lowest BCUT2D eigenvalue weighted by atomic mass is 10.0. The van der Waals surface area contributed by atoms with E-state index in [2.05, 4.69) is 16.0 Å². The number of nitrogens with one attached hydrogen (secondary N) is 3. The van der Waals surface area contributed by atoms with Crippen LogP contribution in [-0.4, -0.2) is 59.2 Å². The molecule has 0 bridgehead atoms. The van der Waals surface area contributed by atoms with Gasteiger partial charge in [-0.3, -0.25) is 28.9 Å². The number of ether oxygens (including phenoxy) is 1. The van der Waals surface area contributed by atoms with Crippen LogP contribution in [0, 0.1) is 5.92 Å². The van der Waals surface area contributed by atoms with Crippen molar-refractivity contribution in [3.8, 4) is 0 Å². The molecule has 2 rings (SSSR count). The maximum Gasteiger partial charge on any atom is 0.404 e. The van der Waals surface area contributed by atoms with Gasteiger partial charge in [-0.1, -0.05) is 32.4 Å². The highest BCUT2D eigenvalue weighted by molar-refractivity contribution is 6.12. The van der Waals surface area contributed by atoms with Crippen LogP contribution in [-0.2, 0) is 35.3 Å². The van der Waals surface area contributed by atoms with Crippen molar-refractivity contribution in [3.05, 3.63) is 42.0 Å². The fourth-order valence-corrected chi connectivity index (χ4v) is 3.62. The zero-order valence-corrected chi connectivity index (χ0v) is 21.8. The molecule has 206 valence electrons. The van der Waals surface area contributed by atoms with Crippen LogP contribution in [0.3, 0.4) is 0 Å². The molecule has 1 heterocycles. The molecule has 0 aliphatic carbocycles. The number of hydrogen-bond donors (Lipinski definition) is 4. The summed E-state index contributed by atoms with van der Waals surface area (Å²) in [5.41, 5.74) is 6.11. The number of carbonyl (C=O) groups is 6. The van der Waals surface area contributed by atoms with Crippen LogP contribution in [0.1, 0.15) is 52.0 Å². The van der Waals surface area contributed by atoms with Crippen LogP contribution in [0.25, 0.3) is 0 Å². The normalized spacial score (nSPS) is 14.3. The second kappa shape index (κ2) is 14.5. The molecule has 38 heavy (non-hydrogen) atoms. The third-order valence-corrected chi connectivity index (χ3v) is 5.81. The van der Waals surface area contributed by atoms with Crippen LogP contribution < -0.4 is 21.7 Å². The summed E-state index contributed by atoms with van der Waals surface area (Å²) >= 11 is 0. The lowest BCUT2D eigenvalue weighted by Gasteiger charge is -2.24. The van der Waals surface area contributed by atoms with E-state index in [0.717, 1.165) is 4.90 Å². The Labute approximate surface area is 221 Å². The third-order valence-electron chi connectivity index (χ3n) is 5.81. The molecule has 1 aromatic rings. The number of benzene rings is 1. The molecule has 0 aromatic heterocycles. The summed E-state index contributed by atoms with van der Waals surface area (Å²) in [4.78, 5) is 72.7. The molecule has 0 fully saturated rings. The maximum atomic E-state index is 12.8. The topological polar surface area (TPSA) is 177 Å². The molecule has 2 atom stereocenters. The smallest absolute Gasteiger partial charge is 0.404 e. The maximum absolute atomic E-state index is 12.8. The van der Waals surface area contributed by atoms with Gasteiger partial charge in [0.2, 0.25) is 17.7 Å². The zero-order chi connectivity index (χ0) is 28.2. The fraction of sp³-hybridized carbons (Fsp3) is 0.462. The Kier molecular flexibility index (Phi) is 11.5. The second-order valence-electron chi connectivity index (χ2n) is 9.29. The van der Waals surface area contributed by atoms with E-state index in [1.54, 1.807) is 38.1 Å². The highest BCUT2D eigenvalue weighted by atomic mass is 16.5. The fourth-order valence-electron chi connectivity index (χ4n) is 3.62. The summed E-state index contributed by atoms with van der Waals surface area (Å²) in [7, 11) is 0. The van der Waals surface area contributed by atoms with Crippen molar-refractivity contribution in [2.75, 3.05) is 11.9 Å². The van der Waals surface area contributed by atoms with Crippen molar-refractivity contribution < 1.29 is 33.5 Å². The van der Waals surface area contributed by atoms with Gasteiger partial charge >= 0.3 is 6.09 Å². The Bertz CT molecular complexity index is 1050. The Morgan fingerprint density at radius 1 is 0.895 bits per heavy atom. The van der Waals surface area contributed by atoms with Crippen molar-refractivity contribution >= 4 is 41.3 Å².